The molecule has 0 radical (unpaired) electrons. The minimum atomic E-state index is -0.861. The zero-order valence-corrected chi connectivity index (χ0v) is 10.6. The zero-order valence-electron chi connectivity index (χ0n) is 10.6. The van der Waals surface area contributed by atoms with Crippen LogP contribution in [-0.4, -0.2) is 37.5 Å². The number of hydrogen-bond acceptors (Lipinski definition) is 4. The molecular formula is C11H18N4O3. The molecule has 0 spiro atoms. The molecular weight excluding hydrogens is 236 g/mol. The summed E-state index contributed by atoms with van der Waals surface area (Å²) in [6.45, 7) is 4.08. The molecule has 18 heavy (non-hydrogen) atoms. The molecule has 0 aliphatic heterocycles. The van der Waals surface area contributed by atoms with Crippen LogP contribution in [0.3, 0.4) is 0 Å². The Morgan fingerprint density at radius 2 is 2.11 bits per heavy atom. The van der Waals surface area contributed by atoms with Crippen LogP contribution in [0.5, 0.6) is 0 Å². The lowest BCUT2D eigenvalue weighted by Gasteiger charge is -2.25. The molecule has 0 bridgehead atoms. The average Bonchev–Trinajstić information content (AvgIpc) is 2.76. The smallest absolute Gasteiger partial charge is 0.303 e. The molecule has 0 atom stereocenters. The molecule has 100 valence electrons. The van der Waals surface area contributed by atoms with Gasteiger partial charge in [0.15, 0.2) is 0 Å². The highest BCUT2D eigenvalue weighted by Gasteiger charge is 2.21. The van der Waals surface area contributed by atoms with Gasteiger partial charge in [0.05, 0.1) is 12.7 Å². The first-order chi connectivity index (χ1) is 8.39. The number of aromatic nitrogens is 3. The van der Waals surface area contributed by atoms with Crippen LogP contribution in [0.15, 0.2) is 12.4 Å². The van der Waals surface area contributed by atoms with Gasteiger partial charge >= 0.3 is 5.97 Å². The Hall–Kier alpha value is -1.92. The average molecular weight is 254 g/mol. The summed E-state index contributed by atoms with van der Waals surface area (Å²) >= 11 is 0. The van der Waals surface area contributed by atoms with E-state index in [0.717, 1.165) is 0 Å². The van der Waals surface area contributed by atoms with Crippen LogP contribution in [0.25, 0.3) is 0 Å². The van der Waals surface area contributed by atoms with Gasteiger partial charge in [-0.15, -0.1) is 5.10 Å². The van der Waals surface area contributed by atoms with Crippen molar-refractivity contribution >= 4 is 11.9 Å². The Kier molecular flexibility index (Phi) is 4.82. The first-order valence-corrected chi connectivity index (χ1v) is 5.76. The van der Waals surface area contributed by atoms with Gasteiger partial charge in [-0.3, -0.25) is 14.3 Å². The molecule has 7 heteroatoms. The van der Waals surface area contributed by atoms with Crippen molar-refractivity contribution in [2.75, 3.05) is 0 Å². The highest BCUT2D eigenvalue weighted by Crippen LogP contribution is 2.11. The van der Waals surface area contributed by atoms with Crippen LogP contribution in [0.4, 0.5) is 0 Å². The lowest BCUT2D eigenvalue weighted by Crippen LogP contribution is -2.44. The van der Waals surface area contributed by atoms with Crippen LogP contribution in [-0.2, 0) is 16.1 Å². The predicted octanol–water partition coefficient (Wildman–Crippen LogP) is 0.428. The number of amides is 1. The molecule has 1 heterocycles. The van der Waals surface area contributed by atoms with E-state index in [1.807, 2.05) is 13.8 Å². The molecule has 0 aliphatic carbocycles. The SMILES string of the molecule is CC(C)(CCC(=O)O)NC(=O)CCn1ccnn1. The van der Waals surface area contributed by atoms with Gasteiger partial charge in [0, 0.05) is 24.6 Å². The highest BCUT2D eigenvalue weighted by molar-refractivity contribution is 5.76. The Labute approximate surface area is 105 Å². The monoisotopic (exact) mass is 254 g/mol. The number of nitrogens with one attached hydrogen (secondary N) is 1. The fraction of sp³-hybridized carbons (Fsp3) is 0.636. The van der Waals surface area contributed by atoms with E-state index in [1.165, 1.54) is 0 Å². The maximum Gasteiger partial charge on any atom is 0.303 e. The molecule has 0 saturated carbocycles. The van der Waals surface area contributed by atoms with Gasteiger partial charge in [0.25, 0.3) is 0 Å². The minimum Gasteiger partial charge on any atom is -0.481 e. The molecule has 7 nitrogen and oxygen atoms in total. The first kappa shape index (κ1) is 14.1. The van der Waals surface area contributed by atoms with E-state index in [2.05, 4.69) is 15.6 Å². The largest absolute Gasteiger partial charge is 0.481 e. The third-order valence-corrected chi connectivity index (χ3v) is 2.48. The second-order valence-corrected chi connectivity index (χ2v) is 4.74. The number of rotatable bonds is 7. The quantitative estimate of drug-likeness (QED) is 0.735. The number of carboxylic acids is 1. The van der Waals surface area contributed by atoms with E-state index in [9.17, 15) is 9.59 Å². The summed E-state index contributed by atoms with van der Waals surface area (Å²) in [6.07, 6.45) is 3.96. The molecule has 0 saturated heterocycles. The maximum absolute atomic E-state index is 11.7. The van der Waals surface area contributed by atoms with Crippen molar-refractivity contribution in [3.8, 4) is 0 Å². The number of hydrogen-bond donors (Lipinski definition) is 2. The number of carbonyl (C=O) groups is 2. The van der Waals surface area contributed by atoms with Crippen molar-refractivity contribution in [2.24, 2.45) is 0 Å². The fourth-order valence-corrected chi connectivity index (χ4v) is 1.49. The molecule has 1 rings (SSSR count). The van der Waals surface area contributed by atoms with Crippen LogP contribution >= 0.6 is 0 Å². The zero-order chi connectivity index (χ0) is 13.6. The summed E-state index contributed by atoms with van der Waals surface area (Å²) in [5, 5.41) is 18.8. The van der Waals surface area contributed by atoms with Crippen molar-refractivity contribution in [2.45, 2.75) is 45.2 Å². The molecule has 2 N–H and O–H groups in total. The van der Waals surface area contributed by atoms with Gasteiger partial charge in [0.1, 0.15) is 0 Å². The summed E-state index contributed by atoms with van der Waals surface area (Å²) in [6, 6.07) is 0. The number of aliphatic carboxylic acids is 1. The van der Waals surface area contributed by atoms with Gasteiger partial charge in [-0.05, 0) is 20.3 Å². The van der Waals surface area contributed by atoms with E-state index in [0.29, 0.717) is 19.4 Å². The lowest BCUT2D eigenvalue weighted by molar-refractivity contribution is -0.137. The number of carbonyl (C=O) groups excluding carboxylic acids is 1. The summed E-state index contributed by atoms with van der Waals surface area (Å²) in [7, 11) is 0. The number of carboxylic acid groups (broad SMARTS) is 1. The molecule has 1 aromatic rings. The van der Waals surface area contributed by atoms with Crippen LogP contribution < -0.4 is 5.32 Å². The Bertz CT molecular complexity index is 400. The van der Waals surface area contributed by atoms with Gasteiger partial charge in [-0.1, -0.05) is 5.21 Å². The van der Waals surface area contributed by atoms with E-state index in [-0.39, 0.29) is 12.3 Å². The second kappa shape index (κ2) is 6.13. The Morgan fingerprint density at radius 3 is 2.67 bits per heavy atom. The predicted molar refractivity (Wildman–Crippen MR) is 63.7 cm³/mol. The molecule has 0 aromatic carbocycles. The molecule has 0 fully saturated rings. The normalized spacial score (nSPS) is 11.2. The minimum absolute atomic E-state index is 0.0381. The van der Waals surface area contributed by atoms with E-state index < -0.39 is 11.5 Å². The van der Waals surface area contributed by atoms with E-state index in [4.69, 9.17) is 5.11 Å². The summed E-state index contributed by atoms with van der Waals surface area (Å²) in [5.41, 5.74) is -0.516. The fourth-order valence-electron chi connectivity index (χ4n) is 1.49. The van der Waals surface area contributed by atoms with E-state index in [1.54, 1.807) is 17.1 Å². The van der Waals surface area contributed by atoms with Gasteiger partial charge in [-0.2, -0.15) is 0 Å². The summed E-state index contributed by atoms with van der Waals surface area (Å²) < 4.78 is 1.57. The van der Waals surface area contributed by atoms with Crippen molar-refractivity contribution < 1.29 is 14.7 Å². The summed E-state index contributed by atoms with van der Waals surface area (Å²) in [5.74, 6) is -0.985. The van der Waals surface area contributed by atoms with Crippen LogP contribution in [0.1, 0.15) is 33.1 Å². The molecule has 0 unspecified atom stereocenters. The highest BCUT2D eigenvalue weighted by atomic mass is 16.4. The topological polar surface area (TPSA) is 97.1 Å². The summed E-state index contributed by atoms with van der Waals surface area (Å²) in [4.78, 5) is 22.2. The molecule has 1 aromatic heterocycles. The lowest BCUT2D eigenvalue weighted by atomic mass is 9.98. The maximum atomic E-state index is 11.7. The molecule has 1 amide bonds. The third kappa shape index (κ3) is 5.42. The van der Waals surface area contributed by atoms with Crippen molar-refractivity contribution in [3.05, 3.63) is 12.4 Å². The number of aryl methyl sites for hydroxylation is 1. The standard InChI is InChI=1S/C11H18N4O3/c1-11(2,5-3-10(17)18)13-9(16)4-7-15-8-6-12-14-15/h6,8H,3-5,7H2,1-2H3,(H,13,16)(H,17,18). The first-order valence-electron chi connectivity index (χ1n) is 5.76. The van der Waals surface area contributed by atoms with Gasteiger partial charge in [-0.25, -0.2) is 0 Å². The third-order valence-electron chi connectivity index (χ3n) is 2.48. The second-order valence-electron chi connectivity index (χ2n) is 4.74. The van der Waals surface area contributed by atoms with Crippen LogP contribution in [0.2, 0.25) is 0 Å². The van der Waals surface area contributed by atoms with E-state index >= 15 is 0 Å². The van der Waals surface area contributed by atoms with Crippen molar-refractivity contribution in [1.29, 1.82) is 0 Å². The van der Waals surface area contributed by atoms with Crippen molar-refractivity contribution in [1.82, 2.24) is 20.3 Å². The van der Waals surface area contributed by atoms with Gasteiger partial charge in [0.2, 0.25) is 5.91 Å². The van der Waals surface area contributed by atoms with Gasteiger partial charge < -0.3 is 10.4 Å². The number of nitrogens with zero attached hydrogens (tertiary/aromatic N) is 3. The molecule has 0 aliphatic rings. The van der Waals surface area contributed by atoms with Crippen LogP contribution in [0, 0.1) is 0 Å². The van der Waals surface area contributed by atoms with Crippen molar-refractivity contribution in [3.63, 3.8) is 0 Å². The Morgan fingerprint density at radius 1 is 1.39 bits per heavy atom. The Balaban J connectivity index is 2.31.